The van der Waals surface area contributed by atoms with Gasteiger partial charge in [-0.25, -0.2) is 0 Å². The number of likely N-dealkylation sites (N-methyl/N-ethyl adjacent to an activating group) is 1. The molecule has 0 fully saturated rings. The summed E-state index contributed by atoms with van der Waals surface area (Å²) in [6.45, 7) is 1.23. The summed E-state index contributed by atoms with van der Waals surface area (Å²) in [4.78, 5) is 14.3. The third-order valence-electron chi connectivity index (χ3n) is 4.64. The molecule has 1 atom stereocenters. The average Bonchev–Trinajstić information content (AvgIpc) is 3.14. The molecule has 0 saturated carbocycles. The summed E-state index contributed by atoms with van der Waals surface area (Å²) in [6.07, 6.45) is 0.936. The molecule has 1 N–H and O–H groups in total. The van der Waals surface area contributed by atoms with Crippen LogP contribution in [0.25, 0.3) is 0 Å². The zero-order chi connectivity index (χ0) is 19.2. The summed E-state index contributed by atoms with van der Waals surface area (Å²) >= 11 is 0. The molecule has 1 aliphatic heterocycles. The molecule has 1 heterocycles. The molecule has 0 saturated heterocycles. The highest BCUT2D eigenvalue weighted by Crippen LogP contribution is 2.29. The number of carbonyl (C=O) groups excluding carboxylic acids is 1. The van der Waals surface area contributed by atoms with E-state index in [-0.39, 0.29) is 18.6 Å². The van der Waals surface area contributed by atoms with Crippen molar-refractivity contribution in [1.29, 1.82) is 0 Å². The number of benzene rings is 2. The molecule has 0 spiro atoms. The first-order valence-electron chi connectivity index (χ1n) is 9.02. The van der Waals surface area contributed by atoms with Crippen molar-refractivity contribution in [2.75, 3.05) is 41.0 Å². The number of nitrogens with zero attached hydrogens (tertiary/aromatic N) is 1. The van der Waals surface area contributed by atoms with Crippen molar-refractivity contribution in [3.63, 3.8) is 0 Å². The van der Waals surface area contributed by atoms with E-state index in [1.807, 2.05) is 20.2 Å². The first-order chi connectivity index (χ1) is 13.1. The molecule has 0 radical (unpaired) electrons. The number of amides is 1. The summed E-state index contributed by atoms with van der Waals surface area (Å²) in [6, 6.07) is 13.5. The molecule has 2 aromatic carbocycles. The maximum atomic E-state index is 12.2. The maximum Gasteiger partial charge on any atom is 0.258 e. The first kappa shape index (κ1) is 19.0. The third kappa shape index (κ3) is 4.92. The van der Waals surface area contributed by atoms with Crippen LogP contribution in [0.1, 0.15) is 17.2 Å². The van der Waals surface area contributed by atoms with E-state index in [9.17, 15) is 4.79 Å². The van der Waals surface area contributed by atoms with Gasteiger partial charge in [-0.2, -0.15) is 0 Å². The van der Waals surface area contributed by atoms with Crippen LogP contribution in [0.3, 0.4) is 0 Å². The van der Waals surface area contributed by atoms with Crippen molar-refractivity contribution in [1.82, 2.24) is 10.2 Å². The van der Waals surface area contributed by atoms with Gasteiger partial charge in [0.15, 0.2) is 6.61 Å². The number of hydrogen-bond donors (Lipinski definition) is 1. The molecular weight excluding hydrogens is 344 g/mol. The van der Waals surface area contributed by atoms with Crippen LogP contribution < -0.4 is 19.5 Å². The van der Waals surface area contributed by atoms with E-state index in [0.717, 1.165) is 24.5 Å². The molecule has 0 aliphatic carbocycles. The van der Waals surface area contributed by atoms with E-state index in [1.54, 1.807) is 31.4 Å². The van der Waals surface area contributed by atoms with Crippen molar-refractivity contribution in [2.24, 2.45) is 0 Å². The van der Waals surface area contributed by atoms with Crippen LogP contribution >= 0.6 is 0 Å². The average molecular weight is 370 g/mol. The standard InChI is InChI=1S/C21H26N2O4/c1-23(2)19(15-4-9-20-16(12-15)10-11-26-20)13-22-21(24)14-27-18-7-5-17(25-3)6-8-18/h4-9,12,19H,10-11,13-14H2,1-3H3,(H,22,24). The molecule has 27 heavy (non-hydrogen) atoms. The summed E-state index contributed by atoms with van der Waals surface area (Å²) < 4.78 is 16.2. The quantitative estimate of drug-likeness (QED) is 0.773. The zero-order valence-corrected chi connectivity index (χ0v) is 16.0. The SMILES string of the molecule is COc1ccc(OCC(=O)NCC(c2ccc3c(c2)CCO3)N(C)C)cc1. The summed E-state index contributed by atoms with van der Waals surface area (Å²) in [5.41, 5.74) is 2.40. The molecule has 1 unspecified atom stereocenters. The lowest BCUT2D eigenvalue weighted by molar-refractivity contribution is -0.123. The second-order valence-electron chi connectivity index (χ2n) is 6.71. The molecule has 0 bridgehead atoms. The molecule has 1 aliphatic rings. The Morgan fingerprint density at radius 3 is 2.63 bits per heavy atom. The number of rotatable bonds is 8. The molecule has 2 aromatic rings. The third-order valence-corrected chi connectivity index (χ3v) is 4.64. The minimum atomic E-state index is -0.151. The van der Waals surface area contributed by atoms with E-state index < -0.39 is 0 Å². The Bertz CT molecular complexity index is 774. The predicted molar refractivity (Wildman–Crippen MR) is 104 cm³/mol. The minimum absolute atomic E-state index is 0.0233. The van der Waals surface area contributed by atoms with Gasteiger partial charge in [0.2, 0.25) is 0 Å². The van der Waals surface area contributed by atoms with Crippen molar-refractivity contribution >= 4 is 5.91 Å². The summed E-state index contributed by atoms with van der Waals surface area (Å²) in [5.74, 6) is 2.20. The molecule has 0 aromatic heterocycles. The second-order valence-corrected chi connectivity index (χ2v) is 6.71. The van der Waals surface area contributed by atoms with Gasteiger partial charge in [-0.15, -0.1) is 0 Å². The fourth-order valence-electron chi connectivity index (χ4n) is 3.09. The number of methoxy groups -OCH3 is 1. The van der Waals surface area contributed by atoms with Crippen LogP contribution in [0.15, 0.2) is 42.5 Å². The van der Waals surface area contributed by atoms with Crippen LogP contribution in [0, 0.1) is 0 Å². The highest BCUT2D eigenvalue weighted by molar-refractivity contribution is 5.77. The lowest BCUT2D eigenvalue weighted by Crippen LogP contribution is -2.36. The van der Waals surface area contributed by atoms with Gasteiger partial charge in [0.05, 0.1) is 19.8 Å². The van der Waals surface area contributed by atoms with Crippen molar-refractivity contribution in [2.45, 2.75) is 12.5 Å². The predicted octanol–water partition coefficient (Wildman–Crippen LogP) is 2.43. The Labute approximate surface area is 160 Å². The van der Waals surface area contributed by atoms with Crippen LogP contribution in [0.4, 0.5) is 0 Å². The summed E-state index contributed by atoms with van der Waals surface area (Å²) in [7, 11) is 5.63. The van der Waals surface area contributed by atoms with Crippen LogP contribution in [-0.4, -0.2) is 51.8 Å². The highest BCUT2D eigenvalue weighted by Gasteiger charge is 2.19. The van der Waals surface area contributed by atoms with Gasteiger partial charge in [-0.1, -0.05) is 12.1 Å². The maximum absolute atomic E-state index is 12.2. The van der Waals surface area contributed by atoms with Gasteiger partial charge in [0.25, 0.3) is 5.91 Å². The molecular formula is C21H26N2O4. The largest absolute Gasteiger partial charge is 0.497 e. The topological polar surface area (TPSA) is 60.0 Å². The zero-order valence-electron chi connectivity index (χ0n) is 16.0. The van der Waals surface area contributed by atoms with Gasteiger partial charge >= 0.3 is 0 Å². The fourth-order valence-corrected chi connectivity index (χ4v) is 3.09. The number of ether oxygens (including phenoxy) is 3. The monoisotopic (exact) mass is 370 g/mol. The number of carbonyl (C=O) groups is 1. The highest BCUT2D eigenvalue weighted by atomic mass is 16.5. The van der Waals surface area contributed by atoms with E-state index in [0.29, 0.717) is 12.3 Å². The Kier molecular flexibility index (Phi) is 6.19. The Balaban J connectivity index is 1.53. The number of hydrogen-bond acceptors (Lipinski definition) is 5. The Hall–Kier alpha value is -2.73. The van der Waals surface area contributed by atoms with E-state index >= 15 is 0 Å². The van der Waals surface area contributed by atoms with Gasteiger partial charge < -0.3 is 24.4 Å². The summed E-state index contributed by atoms with van der Waals surface area (Å²) in [5, 5.41) is 2.96. The molecule has 144 valence electrons. The van der Waals surface area contributed by atoms with Crippen LogP contribution in [0.2, 0.25) is 0 Å². The smallest absolute Gasteiger partial charge is 0.258 e. The number of fused-ring (bicyclic) bond motifs is 1. The lowest BCUT2D eigenvalue weighted by Gasteiger charge is -2.25. The van der Waals surface area contributed by atoms with Crippen molar-refractivity contribution in [3.05, 3.63) is 53.6 Å². The minimum Gasteiger partial charge on any atom is -0.497 e. The van der Waals surface area contributed by atoms with Gasteiger partial charge in [0.1, 0.15) is 17.2 Å². The Morgan fingerprint density at radius 1 is 1.19 bits per heavy atom. The Morgan fingerprint density at radius 2 is 1.93 bits per heavy atom. The number of nitrogens with one attached hydrogen (secondary N) is 1. The van der Waals surface area contributed by atoms with Gasteiger partial charge in [-0.3, -0.25) is 4.79 Å². The van der Waals surface area contributed by atoms with Crippen molar-refractivity contribution in [3.8, 4) is 17.2 Å². The van der Waals surface area contributed by atoms with Gasteiger partial charge in [-0.05, 0) is 55.6 Å². The normalized spacial score (nSPS) is 13.6. The molecule has 6 heteroatoms. The van der Waals surface area contributed by atoms with E-state index in [4.69, 9.17) is 14.2 Å². The molecule has 1 amide bonds. The second kappa shape index (κ2) is 8.77. The van der Waals surface area contributed by atoms with E-state index in [1.165, 1.54) is 11.1 Å². The van der Waals surface area contributed by atoms with Gasteiger partial charge in [0, 0.05) is 13.0 Å². The van der Waals surface area contributed by atoms with Crippen LogP contribution in [-0.2, 0) is 11.2 Å². The van der Waals surface area contributed by atoms with E-state index in [2.05, 4.69) is 22.3 Å². The molecule has 3 rings (SSSR count). The first-order valence-corrected chi connectivity index (χ1v) is 9.02. The van der Waals surface area contributed by atoms with Crippen LogP contribution in [0.5, 0.6) is 17.2 Å². The fraction of sp³-hybridized carbons (Fsp3) is 0.381. The lowest BCUT2D eigenvalue weighted by atomic mass is 10.0. The molecule has 6 nitrogen and oxygen atoms in total. The van der Waals surface area contributed by atoms with Crippen molar-refractivity contribution < 1.29 is 19.0 Å².